The van der Waals surface area contributed by atoms with E-state index < -0.39 is 9.84 Å². The molecule has 2 aliphatic heterocycles. The third kappa shape index (κ3) is 4.81. The van der Waals surface area contributed by atoms with Crippen molar-refractivity contribution in [2.45, 2.75) is 12.5 Å². The second kappa shape index (κ2) is 8.31. The molecule has 1 atom stereocenters. The van der Waals surface area contributed by atoms with E-state index in [0.29, 0.717) is 30.3 Å². The summed E-state index contributed by atoms with van der Waals surface area (Å²) in [5, 5.41) is 0. The van der Waals surface area contributed by atoms with Crippen molar-refractivity contribution in [3.8, 4) is 11.5 Å². The van der Waals surface area contributed by atoms with Gasteiger partial charge in [0.15, 0.2) is 21.3 Å². The van der Waals surface area contributed by atoms with Gasteiger partial charge in [-0.05, 0) is 23.8 Å². The minimum Gasteiger partial charge on any atom is -0.493 e. The Labute approximate surface area is 160 Å². The second-order valence-corrected chi connectivity index (χ2v) is 9.26. The predicted molar refractivity (Wildman–Crippen MR) is 103 cm³/mol. The molecule has 0 saturated carbocycles. The number of benzene rings is 1. The molecular formula is C19H27N2O5S+. The largest absolute Gasteiger partial charge is 0.493 e. The molecule has 0 spiro atoms. The quantitative estimate of drug-likeness (QED) is 0.689. The molecule has 2 saturated heterocycles. The van der Waals surface area contributed by atoms with Gasteiger partial charge in [0.2, 0.25) is 5.91 Å². The maximum Gasteiger partial charge on any atom is 0.246 e. The van der Waals surface area contributed by atoms with Crippen LogP contribution in [0.2, 0.25) is 0 Å². The maximum atomic E-state index is 12.5. The number of carbonyl (C=O) groups excluding carboxylic acids is 1. The number of piperazine rings is 1. The molecule has 0 aromatic heterocycles. The molecule has 8 heteroatoms. The number of amides is 1. The molecule has 1 aromatic carbocycles. The van der Waals surface area contributed by atoms with Crippen molar-refractivity contribution < 1.29 is 27.6 Å². The van der Waals surface area contributed by atoms with Crippen LogP contribution in [0.25, 0.3) is 6.08 Å². The molecule has 2 fully saturated rings. The van der Waals surface area contributed by atoms with Crippen LogP contribution in [-0.2, 0) is 14.6 Å². The number of nitrogens with one attached hydrogen (secondary N) is 1. The first-order valence-corrected chi connectivity index (χ1v) is 11.0. The van der Waals surface area contributed by atoms with Crippen LogP contribution in [0.3, 0.4) is 0 Å². The van der Waals surface area contributed by atoms with E-state index in [1.807, 2.05) is 17.0 Å². The summed E-state index contributed by atoms with van der Waals surface area (Å²) in [7, 11) is 0.304. The van der Waals surface area contributed by atoms with Gasteiger partial charge in [-0.3, -0.25) is 4.79 Å². The van der Waals surface area contributed by atoms with Gasteiger partial charge in [0, 0.05) is 12.5 Å². The zero-order chi connectivity index (χ0) is 19.4. The van der Waals surface area contributed by atoms with E-state index in [9.17, 15) is 13.2 Å². The lowest BCUT2D eigenvalue weighted by Crippen LogP contribution is -3.18. The number of ether oxygens (including phenoxy) is 2. The minimum absolute atomic E-state index is 0.0251. The van der Waals surface area contributed by atoms with Crippen LogP contribution in [0.1, 0.15) is 12.0 Å². The molecule has 1 N–H and O–H groups in total. The van der Waals surface area contributed by atoms with E-state index in [0.717, 1.165) is 25.1 Å². The summed E-state index contributed by atoms with van der Waals surface area (Å²) in [4.78, 5) is 15.6. The van der Waals surface area contributed by atoms with Crippen molar-refractivity contribution in [1.29, 1.82) is 0 Å². The summed E-state index contributed by atoms with van der Waals surface area (Å²) in [6.07, 6.45) is 4.09. The number of quaternary nitrogens is 1. The normalized spacial score (nSPS) is 22.9. The topological polar surface area (TPSA) is 77.4 Å². The zero-order valence-electron chi connectivity index (χ0n) is 15.8. The molecule has 0 bridgehead atoms. The monoisotopic (exact) mass is 395 g/mol. The van der Waals surface area contributed by atoms with E-state index in [1.165, 1.54) is 4.90 Å². The van der Waals surface area contributed by atoms with Crippen LogP contribution in [0.15, 0.2) is 24.3 Å². The molecule has 3 rings (SSSR count). The molecular weight excluding hydrogens is 368 g/mol. The lowest BCUT2D eigenvalue weighted by Gasteiger charge is -2.34. The predicted octanol–water partition coefficient (Wildman–Crippen LogP) is -0.369. The van der Waals surface area contributed by atoms with Gasteiger partial charge in [0.25, 0.3) is 0 Å². The highest BCUT2D eigenvalue weighted by atomic mass is 32.2. The first-order valence-electron chi connectivity index (χ1n) is 9.16. The molecule has 0 radical (unpaired) electrons. The molecule has 27 heavy (non-hydrogen) atoms. The highest BCUT2D eigenvalue weighted by Crippen LogP contribution is 2.27. The lowest BCUT2D eigenvalue weighted by molar-refractivity contribution is -0.925. The minimum atomic E-state index is -2.86. The van der Waals surface area contributed by atoms with Crippen molar-refractivity contribution in [3.05, 3.63) is 29.8 Å². The van der Waals surface area contributed by atoms with Crippen molar-refractivity contribution in [2.75, 3.05) is 51.9 Å². The van der Waals surface area contributed by atoms with E-state index in [4.69, 9.17) is 9.47 Å². The highest BCUT2D eigenvalue weighted by molar-refractivity contribution is 7.91. The van der Waals surface area contributed by atoms with Crippen LogP contribution >= 0.6 is 0 Å². The van der Waals surface area contributed by atoms with Gasteiger partial charge in [-0.2, -0.15) is 0 Å². The molecule has 0 aliphatic carbocycles. The number of sulfone groups is 1. The second-order valence-electron chi connectivity index (χ2n) is 7.03. The van der Waals surface area contributed by atoms with E-state index >= 15 is 0 Å². The molecule has 1 aromatic rings. The molecule has 2 aliphatic rings. The summed E-state index contributed by atoms with van der Waals surface area (Å²) in [6, 6.07) is 5.69. The van der Waals surface area contributed by atoms with Crippen LogP contribution in [0, 0.1) is 0 Å². The van der Waals surface area contributed by atoms with Crippen LogP contribution in [0.5, 0.6) is 11.5 Å². The van der Waals surface area contributed by atoms with Gasteiger partial charge in [0.1, 0.15) is 11.8 Å². The Balaban J connectivity index is 1.54. The Morgan fingerprint density at radius 2 is 1.89 bits per heavy atom. The SMILES string of the molecule is COc1ccc(/C=C/C(=O)N2CC[NH+]([C@H]3CCS(=O)(=O)C3)CC2)cc1OC. The van der Waals surface area contributed by atoms with E-state index in [-0.39, 0.29) is 17.7 Å². The number of hydrogen-bond donors (Lipinski definition) is 1. The Morgan fingerprint density at radius 3 is 2.48 bits per heavy atom. The third-order valence-corrected chi connectivity index (χ3v) is 7.12. The number of methoxy groups -OCH3 is 2. The van der Waals surface area contributed by atoms with Crippen LogP contribution < -0.4 is 14.4 Å². The van der Waals surface area contributed by atoms with Crippen LogP contribution in [0.4, 0.5) is 0 Å². The average Bonchev–Trinajstić information content (AvgIpc) is 3.05. The van der Waals surface area contributed by atoms with Gasteiger partial charge in [0.05, 0.1) is 46.2 Å². The van der Waals surface area contributed by atoms with Crippen molar-refractivity contribution in [3.63, 3.8) is 0 Å². The first-order chi connectivity index (χ1) is 12.9. The van der Waals surface area contributed by atoms with Gasteiger partial charge in [-0.25, -0.2) is 8.42 Å². The Bertz CT molecular complexity index is 813. The van der Waals surface area contributed by atoms with Crippen molar-refractivity contribution in [1.82, 2.24) is 4.90 Å². The zero-order valence-corrected chi connectivity index (χ0v) is 16.6. The van der Waals surface area contributed by atoms with E-state index in [1.54, 1.807) is 32.4 Å². The number of nitrogens with zero attached hydrogens (tertiary/aromatic N) is 1. The molecule has 1 amide bonds. The maximum absolute atomic E-state index is 12.5. The summed E-state index contributed by atoms with van der Waals surface area (Å²) in [5.41, 5.74) is 0.862. The summed E-state index contributed by atoms with van der Waals surface area (Å²) < 4.78 is 33.8. The van der Waals surface area contributed by atoms with Gasteiger partial charge < -0.3 is 19.3 Å². The summed E-state index contributed by atoms with van der Waals surface area (Å²) in [5.74, 6) is 1.83. The van der Waals surface area contributed by atoms with Crippen LogP contribution in [-0.4, -0.2) is 77.2 Å². The fourth-order valence-electron chi connectivity index (χ4n) is 3.77. The van der Waals surface area contributed by atoms with Gasteiger partial charge in [-0.15, -0.1) is 0 Å². The van der Waals surface area contributed by atoms with Crippen molar-refractivity contribution in [2.24, 2.45) is 0 Å². The Kier molecular flexibility index (Phi) is 6.06. The standard InChI is InChI=1S/C19H26N2O5S/c1-25-17-5-3-15(13-18(17)26-2)4-6-19(22)21-10-8-20(9-11-21)16-7-12-27(23,24)14-16/h3-6,13,16H,7-12,14H2,1-2H3/p+1/b6-4+/t16-/m0/s1. The smallest absolute Gasteiger partial charge is 0.246 e. The molecule has 2 heterocycles. The average molecular weight is 396 g/mol. The third-order valence-electron chi connectivity index (χ3n) is 5.35. The number of hydrogen-bond acceptors (Lipinski definition) is 5. The fraction of sp³-hybridized carbons (Fsp3) is 0.526. The Morgan fingerprint density at radius 1 is 1.19 bits per heavy atom. The lowest BCUT2D eigenvalue weighted by atomic mass is 10.1. The number of carbonyl (C=O) groups is 1. The molecule has 148 valence electrons. The number of rotatable bonds is 5. The van der Waals surface area contributed by atoms with Crippen molar-refractivity contribution >= 4 is 21.8 Å². The molecule has 0 unspecified atom stereocenters. The van der Waals surface area contributed by atoms with E-state index in [2.05, 4.69) is 0 Å². The highest BCUT2D eigenvalue weighted by Gasteiger charge is 2.37. The van der Waals surface area contributed by atoms with Gasteiger partial charge >= 0.3 is 0 Å². The van der Waals surface area contributed by atoms with Gasteiger partial charge in [-0.1, -0.05) is 6.07 Å². The first kappa shape index (κ1) is 19.7. The summed E-state index contributed by atoms with van der Waals surface area (Å²) in [6.45, 7) is 2.91. The Hall–Kier alpha value is -2.06. The molecule has 7 nitrogen and oxygen atoms in total. The fourth-order valence-corrected chi connectivity index (χ4v) is 5.59. The summed E-state index contributed by atoms with van der Waals surface area (Å²) >= 11 is 0.